The van der Waals surface area contributed by atoms with E-state index in [1.54, 1.807) is 0 Å². The van der Waals surface area contributed by atoms with Gasteiger partial charge in [0.05, 0.1) is 0 Å². The molecule has 1 nitrogen and oxygen atoms in total. The summed E-state index contributed by atoms with van der Waals surface area (Å²) in [5.41, 5.74) is 1.66. The van der Waals surface area contributed by atoms with Crippen molar-refractivity contribution in [2.45, 2.75) is 33.2 Å². The van der Waals surface area contributed by atoms with E-state index in [9.17, 15) is 0 Å². The summed E-state index contributed by atoms with van der Waals surface area (Å²) in [4.78, 5) is 2.37. The highest BCUT2D eigenvalue weighted by atomic mass is 15.2. The van der Waals surface area contributed by atoms with Crippen molar-refractivity contribution >= 4 is 0 Å². The Balaban J connectivity index is 2.55. The first-order valence-electron chi connectivity index (χ1n) is 4.32. The lowest BCUT2D eigenvalue weighted by molar-refractivity contribution is 0.138. The number of nitrogens with zero attached hydrogens (tertiary/aromatic N) is 1. The van der Waals surface area contributed by atoms with Crippen LogP contribution < -0.4 is 0 Å². The SMILES string of the molecule is C=C(C1CCN1C)C(C)(C)C. The predicted molar refractivity (Wildman–Crippen MR) is 49.6 cm³/mol. The minimum atomic E-state index is 0.277. The van der Waals surface area contributed by atoms with Crippen LogP contribution in [0, 0.1) is 5.41 Å². The average Bonchev–Trinajstić information content (AvgIpc) is 1.83. The molecule has 1 aliphatic heterocycles. The van der Waals surface area contributed by atoms with E-state index in [1.807, 2.05) is 0 Å². The van der Waals surface area contributed by atoms with Crippen molar-refractivity contribution in [1.82, 2.24) is 4.90 Å². The first-order chi connectivity index (χ1) is 4.93. The normalized spacial score (nSPS) is 26.4. The summed E-state index contributed by atoms with van der Waals surface area (Å²) < 4.78 is 0. The van der Waals surface area contributed by atoms with Gasteiger partial charge in [0.2, 0.25) is 0 Å². The molecule has 1 atom stereocenters. The molecule has 1 unspecified atom stereocenters. The van der Waals surface area contributed by atoms with Gasteiger partial charge >= 0.3 is 0 Å². The van der Waals surface area contributed by atoms with Gasteiger partial charge in [-0.15, -0.1) is 0 Å². The Kier molecular flexibility index (Phi) is 2.10. The summed E-state index contributed by atoms with van der Waals surface area (Å²) in [5.74, 6) is 0. The van der Waals surface area contributed by atoms with Crippen LogP contribution in [-0.4, -0.2) is 24.5 Å². The molecule has 0 amide bonds. The lowest BCUT2D eigenvalue weighted by Crippen LogP contribution is -2.47. The summed E-state index contributed by atoms with van der Waals surface area (Å²) in [5, 5.41) is 0. The Bertz CT molecular complexity index is 164. The zero-order valence-corrected chi connectivity index (χ0v) is 8.15. The Morgan fingerprint density at radius 3 is 2.09 bits per heavy atom. The van der Waals surface area contributed by atoms with Crippen LogP contribution in [0.3, 0.4) is 0 Å². The smallest absolute Gasteiger partial charge is 0.0319 e. The topological polar surface area (TPSA) is 3.24 Å². The van der Waals surface area contributed by atoms with Crippen LogP contribution >= 0.6 is 0 Å². The second-order valence-corrected chi connectivity index (χ2v) is 4.56. The fourth-order valence-electron chi connectivity index (χ4n) is 1.46. The maximum atomic E-state index is 4.16. The standard InChI is InChI=1S/C10H19N/c1-8(10(2,3)4)9-6-7-11(9)5/h9H,1,6-7H2,2-5H3. The molecule has 0 aromatic heterocycles. The molecule has 0 aliphatic carbocycles. The average molecular weight is 153 g/mol. The number of hydrogen-bond acceptors (Lipinski definition) is 1. The van der Waals surface area contributed by atoms with Gasteiger partial charge in [0.15, 0.2) is 0 Å². The number of hydrogen-bond donors (Lipinski definition) is 0. The largest absolute Gasteiger partial charge is 0.300 e. The van der Waals surface area contributed by atoms with E-state index < -0.39 is 0 Å². The van der Waals surface area contributed by atoms with Crippen molar-refractivity contribution in [3.05, 3.63) is 12.2 Å². The van der Waals surface area contributed by atoms with E-state index in [1.165, 1.54) is 18.5 Å². The van der Waals surface area contributed by atoms with Gasteiger partial charge < -0.3 is 0 Å². The molecule has 0 saturated carbocycles. The fraction of sp³-hybridized carbons (Fsp3) is 0.800. The molecule has 1 heterocycles. The number of likely N-dealkylation sites (N-methyl/N-ethyl adjacent to an activating group) is 1. The zero-order chi connectivity index (χ0) is 8.65. The molecule has 0 aromatic rings. The van der Waals surface area contributed by atoms with Gasteiger partial charge in [0.25, 0.3) is 0 Å². The quantitative estimate of drug-likeness (QED) is 0.522. The van der Waals surface area contributed by atoms with Crippen LogP contribution in [0.15, 0.2) is 12.2 Å². The Morgan fingerprint density at radius 1 is 1.45 bits per heavy atom. The van der Waals surface area contributed by atoms with Gasteiger partial charge in [0, 0.05) is 12.6 Å². The highest BCUT2D eigenvalue weighted by Gasteiger charge is 2.31. The second-order valence-electron chi connectivity index (χ2n) is 4.56. The molecule has 0 radical (unpaired) electrons. The van der Waals surface area contributed by atoms with Crippen molar-refractivity contribution < 1.29 is 0 Å². The third kappa shape index (κ3) is 1.64. The lowest BCUT2D eigenvalue weighted by Gasteiger charge is -2.43. The van der Waals surface area contributed by atoms with Crippen molar-refractivity contribution in [2.75, 3.05) is 13.6 Å². The molecule has 1 fully saturated rings. The molecule has 0 aromatic carbocycles. The van der Waals surface area contributed by atoms with Gasteiger partial charge in [-0.05, 0) is 18.9 Å². The second kappa shape index (κ2) is 2.63. The third-order valence-corrected chi connectivity index (χ3v) is 2.65. The van der Waals surface area contributed by atoms with Crippen LogP contribution in [-0.2, 0) is 0 Å². The molecule has 1 saturated heterocycles. The van der Waals surface area contributed by atoms with Gasteiger partial charge in [-0.1, -0.05) is 32.9 Å². The monoisotopic (exact) mass is 153 g/mol. The Morgan fingerprint density at radius 2 is 2.00 bits per heavy atom. The first-order valence-corrected chi connectivity index (χ1v) is 4.32. The van der Waals surface area contributed by atoms with Gasteiger partial charge in [0.1, 0.15) is 0 Å². The molecule has 1 aliphatic rings. The third-order valence-electron chi connectivity index (χ3n) is 2.65. The minimum Gasteiger partial charge on any atom is -0.300 e. The van der Waals surface area contributed by atoms with Gasteiger partial charge in [-0.2, -0.15) is 0 Å². The van der Waals surface area contributed by atoms with Crippen molar-refractivity contribution in [3.63, 3.8) is 0 Å². The molecule has 0 bridgehead atoms. The summed E-state index contributed by atoms with van der Waals surface area (Å²) in [6.07, 6.45) is 1.30. The zero-order valence-electron chi connectivity index (χ0n) is 8.15. The van der Waals surface area contributed by atoms with Gasteiger partial charge in [-0.3, -0.25) is 4.90 Å². The molecular weight excluding hydrogens is 134 g/mol. The van der Waals surface area contributed by atoms with Gasteiger partial charge in [-0.25, -0.2) is 0 Å². The molecule has 11 heavy (non-hydrogen) atoms. The molecule has 0 spiro atoms. The highest BCUT2D eigenvalue weighted by molar-refractivity contribution is 5.16. The van der Waals surface area contributed by atoms with Crippen LogP contribution in [0.25, 0.3) is 0 Å². The van der Waals surface area contributed by atoms with E-state index in [-0.39, 0.29) is 5.41 Å². The van der Waals surface area contributed by atoms with Crippen LogP contribution in [0.5, 0.6) is 0 Å². The van der Waals surface area contributed by atoms with Crippen LogP contribution in [0.4, 0.5) is 0 Å². The fourth-order valence-corrected chi connectivity index (χ4v) is 1.46. The minimum absolute atomic E-state index is 0.277. The van der Waals surface area contributed by atoms with Crippen molar-refractivity contribution in [2.24, 2.45) is 5.41 Å². The number of likely N-dealkylation sites (tertiary alicyclic amines) is 1. The summed E-state index contributed by atoms with van der Waals surface area (Å²) in [7, 11) is 2.17. The molecular formula is C10H19N. The van der Waals surface area contributed by atoms with E-state index in [4.69, 9.17) is 0 Å². The maximum Gasteiger partial charge on any atom is 0.0319 e. The molecule has 1 rings (SSSR count). The summed E-state index contributed by atoms with van der Waals surface area (Å²) >= 11 is 0. The molecule has 0 N–H and O–H groups in total. The Hall–Kier alpha value is -0.300. The lowest BCUT2D eigenvalue weighted by atomic mass is 9.79. The van der Waals surface area contributed by atoms with Crippen molar-refractivity contribution in [3.8, 4) is 0 Å². The van der Waals surface area contributed by atoms with Crippen LogP contribution in [0.1, 0.15) is 27.2 Å². The Labute approximate surface area is 70.1 Å². The predicted octanol–water partition coefficient (Wildman–Crippen LogP) is 2.29. The molecule has 64 valence electrons. The summed E-state index contributed by atoms with van der Waals surface area (Å²) in [6.45, 7) is 12.1. The number of rotatable bonds is 1. The first kappa shape index (κ1) is 8.79. The maximum absolute atomic E-state index is 4.16. The molecule has 1 heteroatoms. The van der Waals surface area contributed by atoms with Crippen molar-refractivity contribution in [1.29, 1.82) is 0 Å². The summed E-state index contributed by atoms with van der Waals surface area (Å²) in [6, 6.07) is 0.648. The van der Waals surface area contributed by atoms with E-state index in [2.05, 4.69) is 39.3 Å². The van der Waals surface area contributed by atoms with Crippen LogP contribution in [0.2, 0.25) is 0 Å². The highest BCUT2D eigenvalue weighted by Crippen LogP contribution is 2.33. The van der Waals surface area contributed by atoms with E-state index in [0.717, 1.165) is 0 Å². The van der Waals surface area contributed by atoms with E-state index >= 15 is 0 Å². The van der Waals surface area contributed by atoms with E-state index in [0.29, 0.717) is 6.04 Å².